The van der Waals surface area contributed by atoms with Gasteiger partial charge in [-0.25, -0.2) is 9.97 Å². The van der Waals surface area contributed by atoms with E-state index in [-0.39, 0.29) is 17.9 Å². The predicted molar refractivity (Wildman–Crippen MR) is 148 cm³/mol. The lowest BCUT2D eigenvalue weighted by atomic mass is 9.85. The van der Waals surface area contributed by atoms with Crippen LogP contribution >= 0.6 is 11.3 Å². The monoisotopic (exact) mass is 512 g/mol. The lowest BCUT2D eigenvalue weighted by Gasteiger charge is -2.16. The Kier molecular flexibility index (Phi) is 7.23. The number of fused-ring (bicyclic) bond motifs is 1. The van der Waals surface area contributed by atoms with E-state index in [1.165, 1.54) is 11.3 Å². The topological polar surface area (TPSA) is 120 Å². The molecule has 0 unspecified atom stereocenters. The van der Waals surface area contributed by atoms with Crippen molar-refractivity contribution in [3.05, 3.63) is 76.3 Å². The van der Waals surface area contributed by atoms with Gasteiger partial charge in [-0.1, -0.05) is 18.2 Å². The lowest BCUT2D eigenvalue weighted by molar-refractivity contribution is 0.102. The number of nitriles is 1. The third-order valence-corrected chi connectivity index (χ3v) is 6.80. The lowest BCUT2D eigenvalue weighted by Crippen LogP contribution is -2.17. The number of aromatic nitrogens is 2. The molecule has 2 aromatic carbocycles. The molecule has 2 aromatic heterocycles. The number of nitrogens with zero attached hydrogens (tertiary/aromatic N) is 3. The van der Waals surface area contributed by atoms with E-state index in [1.807, 2.05) is 46.8 Å². The molecule has 0 saturated carbocycles. The molecule has 37 heavy (non-hydrogen) atoms. The van der Waals surface area contributed by atoms with Gasteiger partial charge in [0.05, 0.1) is 22.6 Å². The fourth-order valence-electron chi connectivity index (χ4n) is 3.64. The Morgan fingerprint density at radius 3 is 2.57 bits per heavy atom. The molecule has 188 valence electrons. The minimum absolute atomic E-state index is 0.220. The Balaban J connectivity index is 1.51. The van der Waals surface area contributed by atoms with Crippen molar-refractivity contribution in [3.8, 4) is 6.07 Å². The molecule has 4 aromatic rings. The van der Waals surface area contributed by atoms with Crippen molar-refractivity contribution >= 4 is 50.7 Å². The Morgan fingerprint density at radius 1 is 1.05 bits per heavy atom. The van der Waals surface area contributed by atoms with Gasteiger partial charge in [0.2, 0.25) is 0 Å². The van der Waals surface area contributed by atoms with Crippen LogP contribution in [0.4, 0.5) is 17.2 Å². The number of benzene rings is 2. The molecule has 0 aliphatic rings. The average molecular weight is 513 g/mol. The minimum Gasteiger partial charge on any atom is -0.367 e. The molecule has 4 rings (SSSR count). The molecular formula is C28H28N6O2S. The van der Waals surface area contributed by atoms with Gasteiger partial charge in [-0.15, -0.1) is 11.3 Å². The Hall–Kier alpha value is -4.29. The molecule has 0 aliphatic carbocycles. The van der Waals surface area contributed by atoms with E-state index in [0.29, 0.717) is 38.0 Å². The number of carbonyl (C=O) groups is 2. The second-order valence-electron chi connectivity index (χ2n) is 9.61. The summed E-state index contributed by atoms with van der Waals surface area (Å²) in [5, 5.41) is 18.4. The van der Waals surface area contributed by atoms with Crippen molar-refractivity contribution in [2.45, 2.75) is 46.1 Å². The summed E-state index contributed by atoms with van der Waals surface area (Å²) in [5.74, 6) is 0.0821. The van der Waals surface area contributed by atoms with E-state index in [2.05, 4.69) is 32.0 Å². The zero-order valence-electron chi connectivity index (χ0n) is 21.3. The molecule has 2 amide bonds. The van der Waals surface area contributed by atoms with Crippen LogP contribution in [0.15, 0.2) is 54.7 Å². The first-order valence-electron chi connectivity index (χ1n) is 11.8. The molecule has 0 saturated heterocycles. The quantitative estimate of drug-likeness (QED) is 0.274. The largest absolute Gasteiger partial charge is 0.367 e. The number of carbonyl (C=O) groups excluding carboxylic acids is 2. The molecule has 0 radical (unpaired) electrons. The molecule has 2 heterocycles. The van der Waals surface area contributed by atoms with Gasteiger partial charge in [-0.3, -0.25) is 9.59 Å². The van der Waals surface area contributed by atoms with Gasteiger partial charge >= 0.3 is 0 Å². The first-order chi connectivity index (χ1) is 17.6. The number of thiophene rings is 1. The molecular weight excluding hydrogens is 484 g/mol. The van der Waals surface area contributed by atoms with E-state index in [0.717, 1.165) is 11.1 Å². The predicted octanol–water partition coefficient (Wildman–Crippen LogP) is 6.13. The highest BCUT2D eigenvalue weighted by atomic mass is 32.1. The Bertz CT molecular complexity index is 1530. The maximum Gasteiger partial charge on any atom is 0.265 e. The van der Waals surface area contributed by atoms with Gasteiger partial charge in [-0.05, 0) is 76.1 Å². The molecule has 3 N–H and O–H groups in total. The SMILES string of the molecule is Cc1ccc(NC(=O)c2cccc(C(C)(C)C#N)c2)cc1NC(=O)c1cc2nc(NC(C)C)cnc2s1. The molecule has 8 nitrogen and oxygen atoms in total. The van der Waals surface area contributed by atoms with Crippen molar-refractivity contribution in [1.82, 2.24) is 9.97 Å². The summed E-state index contributed by atoms with van der Waals surface area (Å²) in [4.78, 5) is 36.1. The number of aryl methyl sites for hydroxylation is 1. The maximum atomic E-state index is 13.0. The second kappa shape index (κ2) is 10.4. The third kappa shape index (κ3) is 5.93. The highest BCUT2D eigenvalue weighted by Crippen LogP contribution is 2.27. The second-order valence-corrected chi connectivity index (χ2v) is 10.6. The number of hydrogen-bond acceptors (Lipinski definition) is 7. The van der Waals surface area contributed by atoms with Crippen LogP contribution in [0.2, 0.25) is 0 Å². The molecule has 0 aliphatic heterocycles. The summed E-state index contributed by atoms with van der Waals surface area (Å²) < 4.78 is 0. The normalized spacial score (nSPS) is 11.3. The van der Waals surface area contributed by atoms with Crippen LogP contribution in [0.3, 0.4) is 0 Å². The Labute approximate surface area is 219 Å². The molecule has 0 bridgehead atoms. The van der Waals surface area contributed by atoms with Crippen LogP contribution in [-0.4, -0.2) is 27.8 Å². The summed E-state index contributed by atoms with van der Waals surface area (Å²) in [6, 6.07) is 16.6. The average Bonchev–Trinajstić information content (AvgIpc) is 3.29. The van der Waals surface area contributed by atoms with Gasteiger partial charge in [0.15, 0.2) is 0 Å². The molecule has 9 heteroatoms. The number of hydrogen-bond donors (Lipinski definition) is 3. The van der Waals surface area contributed by atoms with E-state index < -0.39 is 5.41 Å². The van der Waals surface area contributed by atoms with Crippen LogP contribution in [0, 0.1) is 18.3 Å². The Morgan fingerprint density at radius 2 is 1.84 bits per heavy atom. The summed E-state index contributed by atoms with van der Waals surface area (Å²) in [6.45, 7) is 9.53. The summed E-state index contributed by atoms with van der Waals surface area (Å²) in [5.41, 5.74) is 3.14. The van der Waals surface area contributed by atoms with Crippen LogP contribution in [0.25, 0.3) is 10.3 Å². The summed E-state index contributed by atoms with van der Waals surface area (Å²) in [7, 11) is 0. The van der Waals surface area contributed by atoms with Crippen molar-refractivity contribution in [2.75, 3.05) is 16.0 Å². The zero-order valence-corrected chi connectivity index (χ0v) is 22.2. The van der Waals surface area contributed by atoms with Gasteiger partial charge in [-0.2, -0.15) is 5.26 Å². The third-order valence-electron chi connectivity index (χ3n) is 5.77. The zero-order chi connectivity index (χ0) is 26.7. The highest BCUT2D eigenvalue weighted by Gasteiger charge is 2.21. The van der Waals surface area contributed by atoms with Crippen LogP contribution < -0.4 is 16.0 Å². The summed E-state index contributed by atoms with van der Waals surface area (Å²) in [6.07, 6.45) is 1.66. The maximum absolute atomic E-state index is 13.0. The molecule has 0 spiro atoms. The fraction of sp³-hybridized carbons (Fsp3) is 0.250. The van der Waals surface area contributed by atoms with Gasteiger partial charge in [0, 0.05) is 23.0 Å². The van der Waals surface area contributed by atoms with Crippen molar-refractivity contribution in [2.24, 2.45) is 0 Å². The minimum atomic E-state index is -0.707. The smallest absolute Gasteiger partial charge is 0.265 e. The van der Waals surface area contributed by atoms with Gasteiger partial charge in [0.1, 0.15) is 16.2 Å². The standard InChI is InChI=1S/C28H28N6O2S/c1-16(2)31-24-14-30-27-22(33-24)13-23(37-27)26(36)34-21-12-20(10-9-17(21)3)32-25(35)18-7-6-8-19(11-18)28(4,5)15-29/h6-14,16H,1-5H3,(H,31,33)(H,32,35)(H,34,36). The molecule has 0 atom stereocenters. The number of anilines is 3. The first kappa shape index (κ1) is 25.8. The first-order valence-corrected chi connectivity index (χ1v) is 12.7. The van der Waals surface area contributed by atoms with E-state index in [4.69, 9.17) is 0 Å². The van der Waals surface area contributed by atoms with Crippen molar-refractivity contribution < 1.29 is 9.59 Å². The van der Waals surface area contributed by atoms with Crippen LogP contribution in [0.1, 0.15) is 58.9 Å². The van der Waals surface area contributed by atoms with Crippen molar-refractivity contribution in [1.29, 1.82) is 5.26 Å². The van der Waals surface area contributed by atoms with Gasteiger partial charge < -0.3 is 16.0 Å². The van der Waals surface area contributed by atoms with Crippen LogP contribution in [0.5, 0.6) is 0 Å². The highest BCUT2D eigenvalue weighted by molar-refractivity contribution is 7.20. The van der Waals surface area contributed by atoms with Crippen LogP contribution in [-0.2, 0) is 5.41 Å². The molecule has 0 fully saturated rings. The summed E-state index contributed by atoms with van der Waals surface area (Å²) >= 11 is 1.27. The van der Waals surface area contributed by atoms with Crippen molar-refractivity contribution in [3.63, 3.8) is 0 Å². The van der Waals surface area contributed by atoms with E-state index >= 15 is 0 Å². The van der Waals surface area contributed by atoms with E-state index in [1.54, 1.807) is 42.6 Å². The number of amides is 2. The van der Waals surface area contributed by atoms with E-state index in [9.17, 15) is 14.9 Å². The fourth-order valence-corrected chi connectivity index (χ4v) is 4.47. The van der Waals surface area contributed by atoms with Gasteiger partial charge in [0.25, 0.3) is 11.8 Å². The number of rotatable bonds is 7. The number of nitrogens with one attached hydrogen (secondary N) is 3.